The second kappa shape index (κ2) is 8.64. The van der Waals surface area contributed by atoms with E-state index in [-0.39, 0.29) is 5.82 Å². The van der Waals surface area contributed by atoms with Crippen LogP contribution < -0.4 is 5.43 Å². The molecule has 6 nitrogen and oxygen atoms in total. The van der Waals surface area contributed by atoms with Gasteiger partial charge in [-0.25, -0.2) is 17.8 Å². The van der Waals surface area contributed by atoms with Crippen LogP contribution in [0.3, 0.4) is 0 Å². The van der Waals surface area contributed by atoms with Crippen molar-refractivity contribution in [1.82, 2.24) is 9.73 Å². The van der Waals surface area contributed by atoms with Crippen molar-refractivity contribution in [3.8, 4) is 0 Å². The van der Waals surface area contributed by atoms with Gasteiger partial charge in [-0.05, 0) is 54.8 Å². The molecule has 2 aromatic rings. The number of halogens is 1. The number of benzene rings is 2. The lowest BCUT2D eigenvalue weighted by atomic mass is 10.1. The lowest BCUT2D eigenvalue weighted by Crippen LogP contribution is -2.35. The number of hydrazone groups is 1. The Morgan fingerprint density at radius 3 is 2.31 bits per heavy atom. The topological polar surface area (TPSA) is 74.1 Å². The fourth-order valence-electron chi connectivity index (χ4n) is 3.23. The van der Waals surface area contributed by atoms with Gasteiger partial charge in [-0.1, -0.05) is 30.3 Å². The van der Waals surface area contributed by atoms with E-state index in [0.29, 0.717) is 34.6 Å². The minimum absolute atomic E-state index is 0.302. The molecule has 152 valence electrons. The maximum atomic E-state index is 13.0. The van der Waals surface area contributed by atoms with Crippen LogP contribution in [0.1, 0.15) is 24.8 Å². The van der Waals surface area contributed by atoms with E-state index >= 15 is 0 Å². The van der Waals surface area contributed by atoms with Crippen LogP contribution in [0.5, 0.6) is 0 Å². The Hall–Kier alpha value is -2.23. The number of piperidine rings is 1. The summed E-state index contributed by atoms with van der Waals surface area (Å²) < 4.78 is 40.1. The lowest BCUT2D eigenvalue weighted by Gasteiger charge is -2.26. The fourth-order valence-corrected chi connectivity index (χ4v) is 5.53. The predicted octanol–water partition coefficient (Wildman–Crippen LogP) is 3.73. The summed E-state index contributed by atoms with van der Waals surface area (Å²) in [4.78, 5) is 4.71. The number of hydrogen-bond acceptors (Lipinski definition) is 5. The smallest absolute Gasteiger partial charge is 0.243 e. The van der Waals surface area contributed by atoms with E-state index in [1.807, 2.05) is 0 Å². The number of rotatable bonds is 4. The molecule has 0 bridgehead atoms. The van der Waals surface area contributed by atoms with Crippen molar-refractivity contribution >= 4 is 38.4 Å². The van der Waals surface area contributed by atoms with Crippen LogP contribution in [-0.2, 0) is 10.0 Å². The van der Waals surface area contributed by atoms with Crippen molar-refractivity contribution in [2.24, 2.45) is 10.1 Å². The van der Waals surface area contributed by atoms with Gasteiger partial charge in [0, 0.05) is 18.8 Å². The van der Waals surface area contributed by atoms with Gasteiger partial charge in [-0.2, -0.15) is 9.41 Å². The van der Waals surface area contributed by atoms with Crippen LogP contribution in [-0.4, -0.2) is 42.4 Å². The van der Waals surface area contributed by atoms with E-state index in [9.17, 15) is 12.8 Å². The summed E-state index contributed by atoms with van der Waals surface area (Å²) >= 11 is 1.49. The molecule has 2 heterocycles. The quantitative estimate of drug-likeness (QED) is 0.799. The lowest BCUT2D eigenvalue weighted by molar-refractivity contribution is 0.346. The standard InChI is InChI=1S/C20H21FN4O2S2/c21-16-6-8-17(9-7-16)22-20-24-23-19(14-28-20)15-4-10-18(11-5-15)29(26,27)25-12-2-1-3-13-25/h4-11H,1-3,12-14H2,(H,22,24). The molecule has 2 aliphatic rings. The number of nitrogens with one attached hydrogen (secondary N) is 1. The number of nitrogens with zero attached hydrogens (tertiary/aromatic N) is 3. The molecule has 1 saturated heterocycles. The summed E-state index contributed by atoms with van der Waals surface area (Å²) in [6, 6.07) is 12.8. The largest absolute Gasteiger partial charge is 0.255 e. The molecular weight excluding hydrogens is 411 g/mol. The summed E-state index contributed by atoms with van der Waals surface area (Å²) in [5, 5.41) is 4.99. The molecule has 29 heavy (non-hydrogen) atoms. The first kappa shape index (κ1) is 20.1. The number of hydrogen-bond donors (Lipinski definition) is 1. The number of thioether (sulfide) groups is 1. The minimum Gasteiger partial charge on any atom is -0.255 e. The van der Waals surface area contributed by atoms with Gasteiger partial charge < -0.3 is 0 Å². The van der Waals surface area contributed by atoms with Crippen LogP contribution in [0, 0.1) is 5.82 Å². The Morgan fingerprint density at radius 1 is 1.00 bits per heavy atom. The highest BCUT2D eigenvalue weighted by Gasteiger charge is 2.26. The Balaban J connectivity index is 1.45. The van der Waals surface area contributed by atoms with E-state index < -0.39 is 10.0 Å². The van der Waals surface area contributed by atoms with Crippen molar-refractivity contribution in [3.63, 3.8) is 0 Å². The monoisotopic (exact) mass is 432 g/mol. The molecule has 1 N–H and O–H groups in total. The van der Waals surface area contributed by atoms with Gasteiger partial charge >= 0.3 is 0 Å². The van der Waals surface area contributed by atoms with Gasteiger partial charge in [0.1, 0.15) is 5.82 Å². The molecule has 0 aromatic heterocycles. The Bertz CT molecular complexity index is 1030. The molecular formula is C20H21FN4O2S2. The van der Waals surface area contributed by atoms with Gasteiger partial charge in [0.05, 0.1) is 16.3 Å². The molecule has 4 rings (SSSR count). The van der Waals surface area contributed by atoms with Gasteiger partial charge in [0.25, 0.3) is 0 Å². The minimum atomic E-state index is -3.43. The SMILES string of the molecule is O=S(=O)(c1ccc(C2=NNC(=Nc3ccc(F)cc3)SC2)cc1)N1CCCCC1. The summed E-state index contributed by atoms with van der Waals surface area (Å²) in [5.74, 6) is 0.301. The summed E-state index contributed by atoms with van der Waals surface area (Å²) in [5.41, 5.74) is 5.23. The number of aliphatic imine (C=N–C) groups is 1. The molecule has 0 amide bonds. The number of sulfonamides is 1. The predicted molar refractivity (Wildman–Crippen MR) is 115 cm³/mol. The Labute approximate surface area is 174 Å². The zero-order valence-corrected chi connectivity index (χ0v) is 17.3. The normalized spacial score (nSPS) is 19.6. The molecule has 0 unspecified atom stereocenters. The molecule has 0 atom stereocenters. The molecule has 2 aromatic carbocycles. The highest BCUT2D eigenvalue weighted by atomic mass is 32.2. The second-order valence-corrected chi connectivity index (χ2v) is 9.74. The van der Waals surface area contributed by atoms with Gasteiger partial charge in [0.15, 0.2) is 5.17 Å². The average Bonchev–Trinajstić information content (AvgIpc) is 2.77. The molecule has 2 aliphatic heterocycles. The third kappa shape index (κ3) is 4.68. The maximum Gasteiger partial charge on any atom is 0.243 e. The van der Waals surface area contributed by atoms with Gasteiger partial charge in [-0.3, -0.25) is 5.43 Å². The number of amidine groups is 1. The first-order valence-corrected chi connectivity index (χ1v) is 11.9. The van der Waals surface area contributed by atoms with E-state index in [4.69, 9.17) is 0 Å². The van der Waals surface area contributed by atoms with E-state index in [1.165, 1.54) is 23.9 Å². The molecule has 0 radical (unpaired) electrons. The van der Waals surface area contributed by atoms with Gasteiger partial charge in [0.2, 0.25) is 10.0 Å². The van der Waals surface area contributed by atoms with Crippen molar-refractivity contribution in [2.75, 3.05) is 18.8 Å². The zero-order chi connectivity index (χ0) is 20.3. The molecule has 0 spiro atoms. The molecule has 0 aliphatic carbocycles. The summed E-state index contributed by atoms with van der Waals surface area (Å²) in [7, 11) is -3.43. The van der Waals surface area contributed by atoms with Gasteiger partial charge in [-0.15, -0.1) is 0 Å². The van der Waals surface area contributed by atoms with Crippen molar-refractivity contribution in [3.05, 3.63) is 59.9 Å². The summed E-state index contributed by atoms with van der Waals surface area (Å²) in [6.45, 7) is 1.18. The first-order chi connectivity index (χ1) is 14.0. The fraction of sp³-hybridized carbons (Fsp3) is 0.300. The van der Waals surface area contributed by atoms with Crippen LogP contribution in [0.25, 0.3) is 0 Å². The van der Waals surface area contributed by atoms with E-state index in [0.717, 1.165) is 30.5 Å². The average molecular weight is 433 g/mol. The molecule has 9 heteroatoms. The zero-order valence-electron chi connectivity index (χ0n) is 15.7. The third-order valence-corrected chi connectivity index (χ3v) is 7.62. The highest BCUT2D eigenvalue weighted by molar-refractivity contribution is 8.14. The molecule has 0 saturated carbocycles. The molecule has 1 fully saturated rings. The second-order valence-electron chi connectivity index (χ2n) is 6.84. The Kier molecular flexibility index (Phi) is 5.98. The maximum absolute atomic E-state index is 13.0. The van der Waals surface area contributed by atoms with Crippen LogP contribution in [0.4, 0.5) is 10.1 Å². The third-order valence-electron chi connectivity index (χ3n) is 4.83. The van der Waals surface area contributed by atoms with E-state index in [1.54, 1.807) is 40.7 Å². The van der Waals surface area contributed by atoms with E-state index in [2.05, 4.69) is 15.5 Å². The Morgan fingerprint density at radius 2 is 1.69 bits per heavy atom. The van der Waals surface area contributed by atoms with Crippen molar-refractivity contribution < 1.29 is 12.8 Å². The first-order valence-electron chi connectivity index (χ1n) is 9.42. The summed E-state index contributed by atoms with van der Waals surface area (Å²) in [6.07, 6.45) is 2.92. The van der Waals surface area contributed by atoms with Crippen molar-refractivity contribution in [1.29, 1.82) is 0 Å². The van der Waals surface area contributed by atoms with Crippen LogP contribution in [0.2, 0.25) is 0 Å². The van der Waals surface area contributed by atoms with Crippen molar-refractivity contribution in [2.45, 2.75) is 24.2 Å². The highest BCUT2D eigenvalue weighted by Crippen LogP contribution is 2.23. The van der Waals surface area contributed by atoms with Crippen LogP contribution in [0.15, 0.2) is 63.5 Å². The van der Waals surface area contributed by atoms with Crippen LogP contribution >= 0.6 is 11.8 Å².